The van der Waals surface area contributed by atoms with E-state index < -0.39 is 11.8 Å². The number of aromatic carboxylic acids is 1. The Morgan fingerprint density at radius 3 is 2.09 bits per heavy atom. The van der Waals surface area contributed by atoms with Gasteiger partial charge in [-0.3, -0.25) is 9.59 Å². The molecule has 1 aliphatic rings. The lowest BCUT2D eigenvalue weighted by Crippen LogP contribution is -2.40. The summed E-state index contributed by atoms with van der Waals surface area (Å²) in [5, 5.41) is 15.0. The molecule has 2 amide bonds. The molecule has 0 unspecified atom stereocenters. The fourth-order valence-electron chi connectivity index (χ4n) is 5.18. The zero-order chi connectivity index (χ0) is 30.9. The van der Waals surface area contributed by atoms with Gasteiger partial charge in [-0.2, -0.15) is 0 Å². The second-order valence-corrected chi connectivity index (χ2v) is 10.7. The van der Waals surface area contributed by atoms with Crippen molar-refractivity contribution >= 4 is 23.5 Å². The zero-order valence-corrected chi connectivity index (χ0v) is 24.0. The number of rotatable bonds is 11. The van der Waals surface area contributed by atoms with Crippen molar-refractivity contribution in [3.05, 3.63) is 120 Å². The molecule has 0 bridgehead atoms. The highest BCUT2D eigenvalue weighted by Gasteiger charge is 2.24. The summed E-state index contributed by atoms with van der Waals surface area (Å²) >= 11 is 0. The first kappa shape index (κ1) is 30.3. The summed E-state index contributed by atoms with van der Waals surface area (Å²) in [4.78, 5) is 36.2. The summed E-state index contributed by atoms with van der Waals surface area (Å²) in [7, 11) is 0. The molecular weight excluding hydrogens is 563 g/mol. The fraction of sp³-hybridized carbons (Fsp3) is 0.229. The number of hydrogen-bond acceptors (Lipinski definition) is 5. The van der Waals surface area contributed by atoms with Crippen LogP contribution in [0.4, 0.5) is 10.1 Å². The van der Waals surface area contributed by atoms with E-state index in [0.29, 0.717) is 23.5 Å². The van der Waals surface area contributed by atoms with Crippen LogP contribution in [0.25, 0.3) is 0 Å². The third-order valence-electron chi connectivity index (χ3n) is 7.40. The predicted molar refractivity (Wildman–Crippen MR) is 164 cm³/mol. The van der Waals surface area contributed by atoms with Crippen LogP contribution in [-0.2, 0) is 22.4 Å². The minimum atomic E-state index is -1.13. The first-order chi connectivity index (χ1) is 21.3. The van der Waals surface area contributed by atoms with Crippen LogP contribution in [0.3, 0.4) is 0 Å². The highest BCUT2D eigenvalue weighted by molar-refractivity contribution is 6.01. The lowest BCUT2D eigenvalue weighted by molar-refractivity contribution is -0.121. The molecule has 44 heavy (non-hydrogen) atoms. The number of carbonyl (C=O) groups excluding carboxylic acids is 2. The highest BCUT2D eigenvalue weighted by atomic mass is 19.1. The van der Waals surface area contributed by atoms with E-state index in [1.807, 2.05) is 30.3 Å². The van der Waals surface area contributed by atoms with E-state index in [1.54, 1.807) is 42.5 Å². The van der Waals surface area contributed by atoms with Gasteiger partial charge in [0, 0.05) is 12.1 Å². The van der Waals surface area contributed by atoms with Crippen LogP contribution in [-0.4, -0.2) is 35.0 Å². The van der Waals surface area contributed by atoms with E-state index in [4.69, 9.17) is 9.47 Å². The van der Waals surface area contributed by atoms with E-state index >= 15 is 0 Å². The van der Waals surface area contributed by atoms with Gasteiger partial charge < -0.3 is 25.2 Å². The average Bonchev–Trinajstić information content (AvgIpc) is 3.01. The minimum absolute atomic E-state index is 0.00979. The van der Waals surface area contributed by atoms with E-state index in [-0.39, 0.29) is 47.4 Å². The van der Waals surface area contributed by atoms with Crippen molar-refractivity contribution in [2.45, 2.75) is 50.7 Å². The highest BCUT2D eigenvalue weighted by Crippen LogP contribution is 2.30. The van der Waals surface area contributed by atoms with Gasteiger partial charge >= 0.3 is 5.97 Å². The lowest BCUT2D eigenvalue weighted by atomic mass is 9.92. The van der Waals surface area contributed by atoms with E-state index in [1.165, 1.54) is 24.3 Å². The van der Waals surface area contributed by atoms with Crippen LogP contribution in [0.1, 0.15) is 47.2 Å². The number of para-hydroxylation sites is 1. The van der Waals surface area contributed by atoms with Crippen molar-refractivity contribution in [2.75, 3.05) is 5.32 Å². The normalized spacial score (nSPS) is 16.0. The largest absolute Gasteiger partial charge is 0.490 e. The molecule has 1 fully saturated rings. The van der Waals surface area contributed by atoms with Crippen molar-refractivity contribution in [3.8, 4) is 17.2 Å². The van der Waals surface area contributed by atoms with Gasteiger partial charge in [0.1, 0.15) is 11.5 Å². The molecule has 0 spiro atoms. The van der Waals surface area contributed by atoms with Gasteiger partial charge in [0.25, 0.3) is 0 Å². The van der Waals surface area contributed by atoms with E-state index in [0.717, 1.165) is 31.2 Å². The number of ether oxygens (including phenoxy) is 2. The van der Waals surface area contributed by atoms with Crippen molar-refractivity contribution in [1.82, 2.24) is 5.32 Å². The van der Waals surface area contributed by atoms with Crippen LogP contribution in [0.2, 0.25) is 0 Å². The van der Waals surface area contributed by atoms with Crippen LogP contribution >= 0.6 is 0 Å². The van der Waals surface area contributed by atoms with Crippen LogP contribution in [0.5, 0.6) is 17.2 Å². The first-order valence-electron chi connectivity index (χ1n) is 14.5. The Hall–Kier alpha value is -5.18. The van der Waals surface area contributed by atoms with Gasteiger partial charge in [-0.25, -0.2) is 9.18 Å². The Morgan fingerprint density at radius 2 is 1.39 bits per heavy atom. The van der Waals surface area contributed by atoms with Gasteiger partial charge in [0.2, 0.25) is 11.8 Å². The number of carbonyl (C=O) groups is 3. The lowest BCUT2D eigenvalue weighted by Gasteiger charge is -2.29. The molecule has 8 nitrogen and oxygen atoms in total. The number of hydrogen-bond donors (Lipinski definition) is 3. The van der Waals surface area contributed by atoms with Crippen molar-refractivity contribution in [2.24, 2.45) is 0 Å². The molecular formula is C35H33FN2O6. The number of carboxylic acids is 1. The summed E-state index contributed by atoms with van der Waals surface area (Å²) in [6, 6.07) is 27.1. The molecule has 0 aromatic heterocycles. The topological polar surface area (TPSA) is 114 Å². The minimum Gasteiger partial charge on any atom is -0.490 e. The smallest absolute Gasteiger partial charge is 0.337 e. The standard InChI is InChI=1S/C35H33FN2O6/c36-30-22-28(43-26-16-12-25(13-17-26)37-33(39)20-23-6-2-1-3-7-23)18-19-32(30)44-27-14-10-24(11-15-27)21-34(40)38-31-9-5-4-8-29(31)35(41)42/h1-11,14-15,18-19,22,25-26H,12-13,16-17,20-21H2,(H,37,39)(H,38,40)(H,41,42). The molecule has 3 N–H and O–H groups in total. The monoisotopic (exact) mass is 596 g/mol. The number of halogens is 1. The number of benzene rings is 4. The molecule has 226 valence electrons. The number of amides is 2. The van der Waals surface area contributed by atoms with Gasteiger partial charge in [-0.15, -0.1) is 0 Å². The van der Waals surface area contributed by atoms with Gasteiger partial charge in [0.05, 0.1) is 30.2 Å². The molecule has 9 heteroatoms. The molecule has 0 aliphatic heterocycles. The maximum atomic E-state index is 14.9. The summed E-state index contributed by atoms with van der Waals surface area (Å²) in [6.07, 6.45) is 3.42. The van der Waals surface area contributed by atoms with Gasteiger partial charge in [-0.1, -0.05) is 54.6 Å². The third kappa shape index (κ3) is 8.44. The zero-order valence-electron chi connectivity index (χ0n) is 24.0. The molecule has 0 saturated heterocycles. The van der Waals surface area contributed by atoms with Gasteiger partial charge in [-0.05, 0) is 73.2 Å². The molecule has 1 saturated carbocycles. The molecule has 0 atom stereocenters. The Kier molecular flexibility index (Phi) is 9.86. The van der Waals surface area contributed by atoms with Gasteiger partial charge in [0.15, 0.2) is 11.6 Å². The second kappa shape index (κ2) is 14.3. The first-order valence-corrected chi connectivity index (χ1v) is 14.5. The maximum absolute atomic E-state index is 14.9. The third-order valence-corrected chi connectivity index (χ3v) is 7.40. The van der Waals surface area contributed by atoms with E-state index in [2.05, 4.69) is 10.6 Å². The maximum Gasteiger partial charge on any atom is 0.337 e. The van der Waals surface area contributed by atoms with Crippen molar-refractivity contribution in [1.29, 1.82) is 0 Å². The summed E-state index contributed by atoms with van der Waals surface area (Å²) in [5.41, 5.74) is 1.90. The molecule has 0 radical (unpaired) electrons. The molecule has 5 rings (SSSR count). The number of nitrogens with one attached hydrogen (secondary N) is 2. The summed E-state index contributed by atoms with van der Waals surface area (Å²) < 4.78 is 26.6. The molecule has 4 aromatic carbocycles. The summed E-state index contributed by atoms with van der Waals surface area (Å²) in [6.45, 7) is 0. The van der Waals surface area contributed by atoms with Crippen LogP contribution < -0.4 is 20.1 Å². The van der Waals surface area contributed by atoms with Crippen LogP contribution in [0, 0.1) is 5.82 Å². The molecule has 0 heterocycles. The van der Waals surface area contributed by atoms with E-state index in [9.17, 15) is 23.9 Å². The Morgan fingerprint density at radius 1 is 0.750 bits per heavy atom. The molecule has 4 aromatic rings. The number of anilines is 1. The van der Waals surface area contributed by atoms with Crippen molar-refractivity contribution < 1.29 is 33.4 Å². The molecule has 1 aliphatic carbocycles. The Labute approximate surface area is 254 Å². The SMILES string of the molecule is O=C(Cc1ccc(Oc2ccc(OC3CCC(NC(=O)Cc4ccccc4)CC3)cc2F)cc1)Nc1ccccc1C(=O)O. The predicted octanol–water partition coefficient (Wildman–Crippen LogP) is 6.55. The quantitative estimate of drug-likeness (QED) is 0.181. The average molecular weight is 597 g/mol. The fourth-order valence-corrected chi connectivity index (χ4v) is 5.18. The summed E-state index contributed by atoms with van der Waals surface area (Å²) in [5.74, 6) is -1.20. The Bertz CT molecular complexity index is 1600. The second-order valence-electron chi connectivity index (χ2n) is 10.7. The van der Waals surface area contributed by atoms with Crippen molar-refractivity contribution in [3.63, 3.8) is 0 Å². The Balaban J connectivity index is 1.07. The number of carboxylic acid groups (broad SMARTS) is 1. The van der Waals surface area contributed by atoms with Crippen LogP contribution in [0.15, 0.2) is 97.1 Å².